The molecule has 0 atom stereocenters. The number of para-hydroxylation sites is 2. The van der Waals surface area contributed by atoms with Crippen LogP contribution in [-0.4, -0.2) is 29.3 Å². The Labute approximate surface area is 149 Å². The van der Waals surface area contributed by atoms with Crippen LogP contribution in [0.15, 0.2) is 58.3 Å². The van der Waals surface area contributed by atoms with E-state index in [0.717, 1.165) is 22.3 Å². The van der Waals surface area contributed by atoms with Gasteiger partial charge in [0.15, 0.2) is 0 Å². The molecule has 0 aliphatic heterocycles. The van der Waals surface area contributed by atoms with Crippen LogP contribution in [-0.2, 0) is 20.0 Å². The van der Waals surface area contributed by atoms with Crippen molar-refractivity contribution in [3.05, 3.63) is 48.5 Å². The smallest absolute Gasteiger partial charge is 0.229 e. The molecule has 2 aromatic carbocycles. The van der Waals surface area contributed by atoms with Gasteiger partial charge in [0.05, 0.1) is 23.9 Å². The Kier molecular flexibility index (Phi) is 6.07. The zero-order chi connectivity index (χ0) is 17.8. The topological polar surface area (TPSA) is 92.3 Å². The molecule has 0 heterocycles. The van der Waals surface area contributed by atoms with Crippen LogP contribution >= 0.6 is 21.6 Å². The van der Waals surface area contributed by atoms with Crippen molar-refractivity contribution in [3.63, 3.8) is 0 Å². The number of nitrogens with one attached hydrogen (secondary N) is 2. The second-order valence-corrected chi connectivity index (χ2v) is 10.6. The molecule has 0 aromatic heterocycles. The van der Waals surface area contributed by atoms with Crippen LogP contribution in [0.4, 0.5) is 11.4 Å². The van der Waals surface area contributed by atoms with Gasteiger partial charge in [-0.05, 0) is 24.3 Å². The van der Waals surface area contributed by atoms with Crippen LogP contribution in [0.1, 0.15) is 0 Å². The molecule has 0 unspecified atom stereocenters. The number of sulfonamides is 2. The van der Waals surface area contributed by atoms with Gasteiger partial charge in [0, 0.05) is 9.79 Å². The lowest BCUT2D eigenvalue weighted by Gasteiger charge is -2.12. The van der Waals surface area contributed by atoms with E-state index in [4.69, 9.17) is 0 Å². The van der Waals surface area contributed by atoms with Crippen molar-refractivity contribution in [1.82, 2.24) is 0 Å². The van der Waals surface area contributed by atoms with Gasteiger partial charge in [-0.1, -0.05) is 45.9 Å². The van der Waals surface area contributed by atoms with Crippen molar-refractivity contribution in [1.29, 1.82) is 0 Å². The molecule has 24 heavy (non-hydrogen) atoms. The van der Waals surface area contributed by atoms with E-state index >= 15 is 0 Å². The second kappa shape index (κ2) is 7.68. The first-order valence-corrected chi connectivity index (χ1v) is 12.6. The largest absolute Gasteiger partial charge is 0.283 e. The first kappa shape index (κ1) is 19.0. The predicted molar refractivity (Wildman–Crippen MR) is 102 cm³/mol. The maximum atomic E-state index is 11.4. The first-order valence-electron chi connectivity index (χ1n) is 6.62. The maximum absolute atomic E-state index is 11.4. The normalized spacial score (nSPS) is 11.9. The van der Waals surface area contributed by atoms with Crippen LogP contribution in [0.5, 0.6) is 0 Å². The third kappa shape index (κ3) is 6.27. The molecule has 2 aromatic rings. The summed E-state index contributed by atoms with van der Waals surface area (Å²) in [6.07, 6.45) is 2.18. The lowest BCUT2D eigenvalue weighted by atomic mass is 10.3. The minimum atomic E-state index is -3.38. The molecule has 0 aliphatic rings. The van der Waals surface area contributed by atoms with Gasteiger partial charge in [-0.25, -0.2) is 16.8 Å². The van der Waals surface area contributed by atoms with Crippen LogP contribution in [0.25, 0.3) is 0 Å². The Balaban J connectivity index is 2.21. The van der Waals surface area contributed by atoms with Crippen LogP contribution in [0.3, 0.4) is 0 Å². The van der Waals surface area contributed by atoms with Gasteiger partial charge < -0.3 is 0 Å². The van der Waals surface area contributed by atoms with Gasteiger partial charge in [0.2, 0.25) is 20.0 Å². The second-order valence-electron chi connectivity index (χ2n) is 4.91. The fraction of sp³-hybridized carbons (Fsp3) is 0.143. The number of hydrogen-bond acceptors (Lipinski definition) is 6. The van der Waals surface area contributed by atoms with E-state index in [9.17, 15) is 16.8 Å². The van der Waals surface area contributed by atoms with E-state index in [1.807, 2.05) is 0 Å². The fourth-order valence-electron chi connectivity index (χ4n) is 1.74. The maximum Gasteiger partial charge on any atom is 0.229 e. The molecule has 0 saturated heterocycles. The summed E-state index contributed by atoms with van der Waals surface area (Å²) in [6.45, 7) is 0. The highest BCUT2D eigenvalue weighted by Crippen LogP contribution is 2.43. The molecule has 0 bridgehead atoms. The third-order valence-electron chi connectivity index (χ3n) is 2.59. The standard InChI is InChI=1S/C14H16N2O4S4/c1-23(17,18)15-11-7-3-5-9-13(11)21-22-14-10-6-4-8-12(14)16-24(2,19)20/h3-10,15-16H,1-2H3. The summed E-state index contributed by atoms with van der Waals surface area (Å²) < 4.78 is 50.7. The first-order chi connectivity index (χ1) is 11.1. The number of rotatable bonds is 7. The summed E-state index contributed by atoms with van der Waals surface area (Å²) >= 11 is 0. The predicted octanol–water partition coefficient (Wildman–Crippen LogP) is 3.23. The zero-order valence-corrected chi connectivity index (χ0v) is 16.2. The van der Waals surface area contributed by atoms with Crippen LogP contribution in [0.2, 0.25) is 0 Å². The van der Waals surface area contributed by atoms with Crippen molar-refractivity contribution < 1.29 is 16.8 Å². The van der Waals surface area contributed by atoms with E-state index in [2.05, 4.69) is 9.44 Å². The van der Waals surface area contributed by atoms with Crippen molar-refractivity contribution in [2.45, 2.75) is 9.79 Å². The van der Waals surface area contributed by atoms with Crippen LogP contribution in [0, 0.1) is 0 Å². The molecule has 0 fully saturated rings. The van der Waals surface area contributed by atoms with Crippen molar-refractivity contribution in [3.8, 4) is 0 Å². The Morgan fingerprint density at radius 2 is 1.00 bits per heavy atom. The lowest BCUT2D eigenvalue weighted by molar-refractivity contribution is 0.605. The van der Waals surface area contributed by atoms with Gasteiger partial charge >= 0.3 is 0 Å². The zero-order valence-electron chi connectivity index (χ0n) is 12.9. The minimum absolute atomic E-state index is 0.478. The monoisotopic (exact) mass is 404 g/mol. The molecular weight excluding hydrogens is 388 g/mol. The summed E-state index contributed by atoms with van der Waals surface area (Å²) in [6, 6.07) is 14.0. The number of benzene rings is 2. The summed E-state index contributed by atoms with van der Waals surface area (Å²) in [5.41, 5.74) is 0.956. The molecule has 0 amide bonds. The molecule has 0 spiro atoms. The summed E-state index contributed by atoms with van der Waals surface area (Å²) in [7, 11) is -4.09. The van der Waals surface area contributed by atoms with Crippen molar-refractivity contribution in [2.24, 2.45) is 0 Å². The highest BCUT2D eigenvalue weighted by atomic mass is 33.1. The highest BCUT2D eigenvalue weighted by Gasteiger charge is 2.11. The van der Waals surface area contributed by atoms with Gasteiger partial charge in [0.1, 0.15) is 0 Å². The fourth-order valence-corrected chi connectivity index (χ4v) is 5.30. The number of hydrogen-bond donors (Lipinski definition) is 2. The van der Waals surface area contributed by atoms with Crippen molar-refractivity contribution >= 4 is 53.0 Å². The Bertz CT molecular complexity index is 850. The van der Waals surface area contributed by atoms with E-state index in [1.165, 1.54) is 21.6 Å². The lowest BCUT2D eigenvalue weighted by Crippen LogP contribution is -2.10. The highest BCUT2D eigenvalue weighted by molar-refractivity contribution is 8.76. The Hall–Kier alpha value is -1.36. The molecule has 0 radical (unpaired) electrons. The molecule has 2 rings (SSSR count). The molecule has 0 saturated carbocycles. The molecule has 2 N–H and O–H groups in total. The third-order valence-corrected chi connectivity index (χ3v) is 6.25. The van der Waals surface area contributed by atoms with E-state index in [-0.39, 0.29) is 0 Å². The average molecular weight is 405 g/mol. The Morgan fingerprint density at radius 1 is 0.667 bits per heavy atom. The molecule has 6 nitrogen and oxygen atoms in total. The van der Waals surface area contributed by atoms with Gasteiger partial charge in [0.25, 0.3) is 0 Å². The van der Waals surface area contributed by atoms with Gasteiger partial charge in [-0.3, -0.25) is 9.44 Å². The molecule has 130 valence electrons. The number of anilines is 2. The Morgan fingerprint density at radius 3 is 1.33 bits per heavy atom. The van der Waals surface area contributed by atoms with E-state index < -0.39 is 20.0 Å². The quantitative estimate of drug-likeness (QED) is 0.689. The summed E-state index contributed by atoms with van der Waals surface area (Å²) in [4.78, 5) is 1.45. The van der Waals surface area contributed by atoms with Crippen molar-refractivity contribution in [2.75, 3.05) is 22.0 Å². The van der Waals surface area contributed by atoms with Gasteiger partial charge in [-0.15, -0.1) is 0 Å². The molecule has 0 aliphatic carbocycles. The van der Waals surface area contributed by atoms with E-state index in [0.29, 0.717) is 11.4 Å². The minimum Gasteiger partial charge on any atom is -0.283 e. The average Bonchev–Trinajstić information content (AvgIpc) is 2.44. The summed E-state index contributed by atoms with van der Waals surface area (Å²) in [5, 5.41) is 0. The van der Waals surface area contributed by atoms with E-state index in [1.54, 1.807) is 48.5 Å². The van der Waals surface area contributed by atoms with Gasteiger partial charge in [-0.2, -0.15) is 0 Å². The summed E-state index contributed by atoms with van der Waals surface area (Å²) in [5.74, 6) is 0. The van der Waals surface area contributed by atoms with Crippen LogP contribution < -0.4 is 9.44 Å². The SMILES string of the molecule is CS(=O)(=O)Nc1ccccc1SSc1ccccc1NS(C)(=O)=O. The molecule has 10 heteroatoms. The molecular formula is C14H16N2O4S4.